The summed E-state index contributed by atoms with van der Waals surface area (Å²) in [4.78, 5) is 13.5. The molecule has 1 amide bonds. The number of nitrogens with one attached hydrogen (secondary N) is 1. The summed E-state index contributed by atoms with van der Waals surface area (Å²) in [6, 6.07) is 10.9. The topological polar surface area (TPSA) is 80.0 Å². The van der Waals surface area contributed by atoms with Gasteiger partial charge in [-0.05, 0) is 49.2 Å². The number of benzene rings is 2. The molecule has 6 heteroatoms. The van der Waals surface area contributed by atoms with Gasteiger partial charge in [-0.15, -0.1) is 10.2 Å². The summed E-state index contributed by atoms with van der Waals surface area (Å²) in [6.07, 6.45) is 0. The van der Waals surface area contributed by atoms with E-state index in [1.165, 1.54) is 0 Å². The van der Waals surface area contributed by atoms with E-state index in [1.807, 2.05) is 32.0 Å². The van der Waals surface area contributed by atoms with E-state index in [1.54, 1.807) is 23.0 Å². The molecule has 0 radical (unpaired) electrons. The summed E-state index contributed by atoms with van der Waals surface area (Å²) < 4.78 is 0. The first kappa shape index (κ1) is 15.2. The van der Waals surface area contributed by atoms with Gasteiger partial charge in [-0.2, -0.15) is 4.80 Å². The van der Waals surface area contributed by atoms with Gasteiger partial charge in [0, 0.05) is 12.1 Å². The summed E-state index contributed by atoms with van der Waals surface area (Å²) in [5, 5.41) is 21.0. The van der Waals surface area contributed by atoms with Gasteiger partial charge in [0.15, 0.2) is 0 Å². The zero-order valence-electron chi connectivity index (χ0n) is 13.1. The second-order valence-corrected chi connectivity index (χ2v) is 5.33. The Labute approximate surface area is 133 Å². The average molecular weight is 310 g/mol. The largest absolute Gasteiger partial charge is 0.392 e. The Morgan fingerprint density at radius 1 is 1.17 bits per heavy atom. The van der Waals surface area contributed by atoms with Crippen molar-refractivity contribution in [2.75, 3.05) is 6.54 Å². The van der Waals surface area contributed by atoms with Gasteiger partial charge in [0.2, 0.25) is 0 Å². The average Bonchev–Trinajstić information content (AvgIpc) is 2.98. The monoisotopic (exact) mass is 310 g/mol. The van der Waals surface area contributed by atoms with Gasteiger partial charge in [0.25, 0.3) is 5.91 Å². The van der Waals surface area contributed by atoms with Crippen molar-refractivity contribution in [1.29, 1.82) is 0 Å². The highest BCUT2D eigenvalue weighted by Gasteiger charge is 2.11. The molecule has 6 nitrogen and oxygen atoms in total. The molecule has 2 aromatic carbocycles. The predicted octanol–water partition coefficient (Wildman–Crippen LogP) is 1.97. The Hall–Kier alpha value is -2.73. The highest BCUT2D eigenvalue weighted by atomic mass is 16.3. The maximum atomic E-state index is 11.9. The molecule has 0 bridgehead atoms. The van der Waals surface area contributed by atoms with Gasteiger partial charge in [-0.1, -0.05) is 12.1 Å². The van der Waals surface area contributed by atoms with Gasteiger partial charge in [-0.25, -0.2) is 0 Å². The van der Waals surface area contributed by atoms with Crippen LogP contribution in [0.15, 0.2) is 36.4 Å². The number of hydrogen-bond donors (Lipinski definition) is 2. The zero-order chi connectivity index (χ0) is 16.4. The molecule has 0 unspecified atom stereocenters. The Kier molecular flexibility index (Phi) is 4.08. The van der Waals surface area contributed by atoms with E-state index in [9.17, 15) is 9.90 Å². The van der Waals surface area contributed by atoms with Gasteiger partial charge in [-0.3, -0.25) is 4.79 Å². The van der Waals surface area contributed by atoms with Crippen LogP contribution in [0.2, 0.25) is 0 Å². The molecule has 1 heterocycles. The first-order chi connectivity index (χ1) is 11.1. The molecular formula is C17H18N4O2. The second kappa shape index (κ2) is 6.18. The number of aromatic nitrogens is 3. The Bertz CT molecular complexity index is 870. The smallest absolute Gasteiger partial charge is 0.251 e. The van der Waals surface area contributed by atoms with Crippen LogP contribution in [-0.4, -0.2) is 32.6 Å². The number of rotatable bonds is 4. The van der Waals surface area contributed by atoms with Crippen molar-refractivity contribution in [3.63, 3.8) is 0 Å². The van der Waals surface area contributed by atoms with Crippen LogP contribution in [0.4, 0.5) is 0 Å². The summed E-state index contributed by atoms with van der Waals surface area (Å²) in [6.45, 7) is 4.39. The van der Waals surface area contributed by atoms with Crippen LogP contribution in [0, 0.1) is 6.92 Å². The van der Waals surface area contributed by atoms with Crippen LogP contribution in [0.25, 0.3) is 16.7 Å². The first-order valence-electron chi connectivity index (χ1n) is 7.48. The number of amides is 1. The third kappa shape index (κ3) is 2.93. The molecule has 0 saturated carbocycles. The molecule has 0 saturated heterocycles. The lowest BCUT2D eigenvalue weighted by Gasteiger charge is -2.05. The lowest BCUT2D eigenvalue weighted by atomic mass is 10.1. The minimum Gasteiger partial charge on any atom is -0.392 e. The summed E-state index contributed by atoms with van der Waals surface area (Å²) >= 11 is 0. The number of aliphatic hydroxyl groups is 1. The van der Waals surface area contributed by atoms with Crippen molar-refractivity contribution in [2.45, 2.75) is 20.5 Å². The van der Waals surface area contributed by atoms with E-state index < -0.39 is 0 Å². The Morgan fingerprint density at radius 3 is 2.70 bits per heavy atom. The zero-order valence-corrected chi connectivity index (χ0v) is 13.1. The van der Waals surface area contributed by atoms with Crippen molar-refractivity contribution < 1.29 is 9.90 Å². The highest BCUT2D eigenvalue weighted by Crippen LogP contribution is 2.18. The van der Waals surface area contributed by atoms with E-state index in [4.69, 9.17) is 0 Å². The number of aryl methyl sites for hydroxylation is 1. The SMILES string of the molecule is CCNC(=O)c1ccc2nn(-c3cc(CO)ccc3C)nc2c1. The Morgan fingerprint density at radius 2 is 1.96 bits per heavy atom. The molecule has 118 valence electrons. The molecule has 0 atom stereocenters. The van der Waals surface area contributed by atoms with Crippen LogP contribution >= 0.6 is 0 Å². The summed E-state index contributed by atoms with van der Waals surface area (Å²) in [5.74, 6) is -0.123. The summed E-state index contributed by atoms with van der Waals surface area (Å²) in [5.41, 5.74) is 4.55. The molecule has 0 aliphatic heterocycles. The van der Waals surface area contributed by atoms with Crippen LogP contribution in [0.5, 0.6) is 0 Å². The van der Waals surface area contributed by atoms with Gasteiger partial charge in [0.05, 0.1) is 12.3 Å². The van der Waals surface area contributed by atoms with Gasteiger partial charge in [0.1, 0.15) is 11.0 Å². The molecule has 0 fully saturated rings. The lowest BCUT2D eigenvalue weighted by Crippen LogP contribution is -2.22. The van der Waals surface area contributed by atoms with E-state index >= 15 is 0 Å². The fraction of sp³-hybridized carbons (Fsp3) is 0.235. The number of aliphatic hydroxyl groups excluding tert-OH is 1. The van der Waals surface area contributed by atoms with Crippen molar-refractivity contribution in [2.24, 2.45) is 0 Å². The lowest BCUT2D eigenvalue weighted by molar-refractivity contribution is 0.0956. The minimum absolute atomic E-state index is 0.0323. The van der Waals surface area contributed by atoms with Gasteiger partial charge >= 0.3 is 0 Å². The number of carbonyl (C=O) groups is 1. The fourth-order valence-corrected chi connectivity index (χ4v) is 2.39. The predicted molar refractivity (Wildman–Crippen MR) is 87.5 cm³/mol. The maximum Gasteiger partial charge on any atom is 0.251 e. The quantitative estimate of drug-likeness (QED) is 0.772. The molecule has 1 aromatic heterocycles. The number of hydrogen-bond acceptors (Lipinski definition) is 4. The van der Waals surface area contributed by atoms with Crippen LogP contribution in [0.3, 0.4) is 0 Å². The Balaban J connectivity index is 2.05. The first-order valence-corrected chi connectivity index (χ1v) is 7.48. The van der Waals surface area contributed by atoms with Crippen LogP contribution in [0.1, 0.15) is 28.4 Å². The number of carbonyl (C=O) groups excluding carboxylic acids is 1. The molecule has 0 aliphatic rings. The third-order valence-corrected chi connectivity index (χ3v) is 3.65. The van der Waals surface area contributed by atoms with Crippen LogP contribution in [-0.2, 0) is 6.61 Å². The third-order valence-electron chi connectivity index (χ3n) is 3.65. The molecule has 0 spiro atoms. The maximum absolute atomic E-state index is 11.9. The number of nitrogens with zero attached hydrogens (tertiary/aromatic N) is 3. The van der Waals surface area contributed by atoms with E-state index in [0.717, 1.165) is 16.8 Å². The second-order valence-electron chi connectivity index (χ2n) is 5.33. The molecule has 3 aromatic rings. The normalized spacial score (nSPS) is 10.9. The van der Waals surface area contributed by atoms with E-state index in [-0.39, 0.29) is 12.5 Å². The van der Waals surface area contributed by atoms with Crippen molar-refractivity contribution in [1.82, 2.24) is 20.3 Å². The van der Waals surface area contributed by atoms with Gasteiger partial charge < -0.3 is 10.4 Å². The standard InChI is InChI=1S/C17H18N4O2/c1-3-18-17(23)13-6-7-14-15(9-13)20-21(19-14)16-8-12(10-22)5-4-11(16)2/h4-9,22H,3,10H2,1-2H3,(H,18,23). The molecule has 2 N–H and O–H groups in total. The van der Waals surface area contributed by atoms with Crippen molar-refractivity contribution in [3.8, 4) is 5.69 Å². The van der Waals surface area contributed by atoms with E-state index in [0.29, 0.717) is 23.1 Å². The highest BCUT2D eigenvalue weighted by molar-refractivity contribution is 5.97. The molecule has 23 heavy (non-hydrogen) atoms. The van der Waals surface area contributed by atoms with Crippen LogP contribution < -0.4 is 5.32 Å². The molecular weight excluding hydrogens is 292 g/mol. The van der Waals surface area contributed by atoms with Crippen molar-refractivity contribution >= 4 is 16.9 Å². The molecule has 0 aliphatic carbocycles. The molecule has 3 rings (SSSR count). The summed E-state index contributed by atoms with van der Waals surface area (Å²) in [7, 11) is 0. The van der Waals surface area contributed by atoms with E-state index in [2.05, 4.69) is 15.5 Å². The fourth-order valence-electron chi connectivity index (χ4n) is 2.39. The van der Waals surface area contributed by atoms with Crippen molar-refractivity contribution in [3.05, 3.63) is 53.1 Å². The minimum atomic E-state index is -0.123. The number of fused-ring (bicyclic) bond motifs is 1.